The molecule has 1 N–H and O–H groups in total. The maximum atomic E-state index is 12.9. The maximum absolute atomic E-state index is 12.9. The van der Waals surface area contributed by atoms with Gasteiger partial charge in [0.15, 0.2) is 5.60 Å². The van der Waals surface area contributed by atoms with Crippen LogP contribution in [0.5, 0.6) is 5.75 Å². The van der Waals surface area contributed by atoms with E-state index >= 15 is 0 Å². The smallest absolute Gasteiger partial charge is 0.268 e. The lowest BCUT2D eigenvalue weighted by molar-refractivity contribution is -0.128. The number of ether oxygens (including phenoxy) is 1. The van der Waals surface area contributed by atoms with Gasteiger partial charge in [-0.3, -0.25) is 9.78 Å². The van der Waals surface area contributed by atoms with Crippen LogP contribution in [0.25, 0.3) is 0 Å². The van der Waals surface area contributed by atoms with E-state index in [4.69, 9.17) is 4.74 Å². The first-order valence-electron chi connectivity index (χ1n) is 7.40. The number of halogens is 1. The number of benzene rings is 1. The molecule has 2 rings (SSSR count). The van der Waals surface area contributed by atoms with Crippen molar-refractivity contribution in [2.75, 3.05) is 5.32 Å². The van der Waals surface area contributed by atoms with Crippen LogP contribution in [-0.2, 0) is 4.79 Å². The van der Waals surface area contributed by atoms with Crippen molar-refractivity contribution in [1.82, 2.24) is 4.98 Å². The van der Waals surface area contributed by atoms with E-state index in [0.717, 1.165) is 17.0 Å². The SMILES string of the molecule is Cc1cc(C)c(NC(=O)C(C)(C)Oc2ccc(F)cc2)c(C)n1. The molecule has 4 nitrogen and oxygen atoms in total. The Morgan fingerprint density at radius 3 is 2.35 bits per heavy atom. The lowest BCUT2D eigenvalue weighted by atomic mass is 10.1. The topological polar surface area (TPSA) is 51.2 Å². The third kappa shape index (κ3) is 4.06. The second kappa shape index (κ2) is 6.36. The van der Waals surface area contributed by atoms with Gasteiger partial charge in [0.05, 0.1) is 11.4 Å². The van der Waals surface area contributed by atoms with Crippen LogP contribution in [0.2, 0.25) is 0 Å². The van der Waals surface area contributed by atoms with E-state index < -0.39 is 5.60 Å². The molecule has 0 bridgehead atoms. The zero-order valence-electron chi connectivity index (χ0n) is 14.0. The van der Waals surface area contributed by atoms with E-state index in [9.17, 15) is 9.18 Å². The van der Waals surface area contributed by atoms with E-state index in [1.807, 2.05) is 26.8 Å². The summed E-state index contributed by atoms with van der Waals surface area (Å²) in [5.41, 5.74) is 2.19. The number of rotatable bonds is 4. The first-order valence-corrected chi connectivity index (χ1v) is 7.40. The van der Waals surface area contributed by atoms with E-state index in [1.165, 1.54) is 24.3 Å². The van der Waals surface area contributed by atoms with Gasteiger partial charge in [-0.05, 0) is 70.5 Å². The van der Waals surface area contributed by atoms with Crippen LogP contribution in [0, 0.1) is 26.6 Å². The van der Waals surface area contributed by atoms with Gasteiger partial charge in [0, 0.05) is 5.69 Å². The summed E-state index contributed by atoms with van der Waals surface area (Å²) in [4.78, 5) is 16.9. The Morgan fingerprint density at radius 2 is 1.78 bits per heavy atom. The minimum absolute atomic E-state index is 0.293. The number of hydrogen-bond acceptors (Lipinski definition) is 3. The minimum atomic E-state index is -1.11. The molecule has 0 unspecified atom stereocenters. The van der Waals surface area contributed by atoms with Crippen molar-refractivity contribution in [3.05, 3.63) is 53.1 Å². The van der Waals surface area contributed by atoms with Gasteiger partial charge in [-0.25, -0.2) is 4.39 Å². The summed E-state index contributed by atoms with van der Waals surface area (Å²) in [7, 11) is 0. The molecule has 1 amide bonds. The van der Waals surface area contributed by atoms with Gasteiger partial charge in [0.1, 0.15) is 11.6 Å². The maximum Gasteiger partial charge on any atom is 0.268 e. The van der Waals surface area contributed by atoms with Gasteiger partial charge in [-0.2, -0.15) is 0 Å². The highest BCUT2D eigenvalue weighted by molar-refractivity contribution is 5.98. The van der Waals surface area contributed by atoms with E-state index in [0.29, 0.717) is 11.4 Å². The fourth-order valence-electron chi connectivity index (χ4n) is 2.32. The number of anilines is 1. The second-order valence-corrected chi connectivity index (χ2v) is 6.06. The van der Waals surface area contributed by atoms with Gasteiger partial charge < -0.3 is 10.1 Å². The van der Waals surface area contributed by atoms with Crippen molar-refractivity contribution in [1.29, 1.82) is 0 Å². The molecular weight excluding hydrogens is 295 g/mol. The quantitative estimate of drug-likeness (QED) is 0.929. The molecule has 0 radical (unpaired) electrons. The van der Waals surface area contributed by atoms with Crippen molar-refractivity contribution < 1.29 is 13.9 Å². The molecule has 1 aromatic carbocycles. The summed E-state index contributed by atoms with van der Waals surface area (Å²) < 4.78 is 18.6. The zero-order chi connectivity index (χ0) is 17.2. The number of hydrogen-bond donors (Lipinski definition) is 1. The average Bonchev–Trinajstić information content (AvgIpc) is 2.44. The Labute approximate surface area is 135 Å². The Morgan fingerprint density at radius 1 is 1.17 bits per heavy atom. The van der Waals surface area contributed by atoms with Crippen LogP contribution in [-0.4, -0.2) is 16.5 Å². The zero-order valence-corrected chi connectivity index (χ0v) is 14.0. The van der Waals surface area contributed by atoms with Gasteiger partial charge in [-0.15, -0.1) is 0 Å². The van der Waals surface area contributed by atoms with E-state index in [2.05, 4.69) is 10.3 Å². The normalized spacial score (nSPS) is 11.2. The molecular formula is C18H21FN2O2. The first-order chi connectivity index (χ1) is 10.7. The van der Waals surface area contributed by atoms with Crippen molar-refractivity contribution in [2.45, 2.75) is 40.2 Å². The molecule has 0 saturated heterocycles. The molecule has 0 aliphatic carbocycles. The molecule has 0 fully saturated rings. The molecule has 0 aliphatic rings. The molecule has 1 heterocycles. The van der Waals surface area contributed by atoms with Gasteiger partial charge in [0.2, 0.25) is 0 Å². The molecule has 23 heavy (non-hydrogen) atoms. The molecule has 2 aromatic rings. The molecule has 5 heteroatoms. The van der Waals surface area contributed by atoms with Crippen LogP contribution in [0.15, 0.2) is 30.3 Å². The molecule has 0 atom stereocenters. The number of nitrogens with zero attached hydrogens (tertiary/aromatic N) is 1. The van der Waals surface area contributed by atoms with Gasteiger partial charge >= 0.3 is 0 Å². The fourth-order valence-corrected chi connectivity index (χ4v) is 2.32. The van der Waals surface area contributed by atoms with Crippen molar-refractivity contribution in [3.8, 4) is 5.75 Å². The predicted molar refractivity (Wildman–Crippen MR) is 88.2 cm³/mol. The number of carbonyl (C=O) groups is 1. The summed E-state index contributed by atoms with van der Waals surface area (Å²) in [6.07, 6.45) is 0. The Hall–Kier alpha value is -2.43. The fraction of sp³-hybridized carbons (Fsp3) is 0.333. The lowest BCUT2D eigenvalue weighted by Crippen LogP contribution is -2.42. The monoisotopic (exact) mass is 316 g/mol. The molecule has 0 spiro atoms. The molecule has 0 aliphatic heterocycles. The number of amides is 1. The van der Waals surface area contributed by atoms with Crippen molar-refractivity contribution >= 4 is 11.6 Å². The van der Waals surface area contributed by atoms with Crippen LogP contribution < -0.4 is 10.1 Å². The second-order valence-electron chi connectivity index (χ2n) is 6.06. The lowest BCUT2D eigenvalue weighted by Gasteiger charge is -2.26. The first kappa shape index (κ1) is 16.9. The van der Waals surface area contributed by atoms with Gasteiger partial charge in [-0.1, -0.05) is 0 Å². The predicted octanol–water partition coefficient (Wildman–Crippen LogP) is 3.94. The van der Waals surface area contributed by atoms with E-state index in [1.54, 1.807) is 13.8 Å². The summed E-state index contributed by atoms with van der Waals surface area (Å²) in [6, 6.07) is 7.49. The Bertz CT molecular complexity index is 701. The number of aromatic nitrogens is 1. The summed E-state index contributed by atoms with van der Waals surface area (Å²) >= 11 is 0. The highest BCUT2D eigenvalue weighted by atomic mass is 19.1. The highest BCUT2D eigenvalue weighted by Gasteiger charge is 2.30. The standard InChI is InChI=1S/C18H21FN2O2/c1-11-10-12(2)20-13(3)16(11)21-17(22)18(4,5)23-15-8-6-14(19)7-9-15/h6-10H,1-5H3,(H,21,22). The summed E-state index contributed by atoms with van der Waals surface area (Å²) in [5.74, 6) is -0.211. The van der Waals surface area contributed by atoms with Crippen LogP contribution in [0.4, 0.5) is 10.1 Å². The Kier molecular flexibility index (Phi) is 4.68. The van der Waals surface area contributed by atoms with E-state index in [-0.39, 0.29) is 11.7 Å². The molecule has 122 valence electrons. The van der Waals surface area contributed by atoms with Gasteiger partial charge in [0.25, 0.3) is 5.91 Å². The third-order valence-electron chi connectivity index (χ3n) is 3.50. The minimum Gasteiger partial charge on any atom is -0.478 e. The average molecular weight is 316 g/mol. The van der Waals surface area contributed by atoms with Crippen molar-refractivity contribution in [2.24, 2.45) is 0 Å². The van der Waals surface area contributed by atoms with Crippen LogP contribution in [0.3, 0.4) is 0 Å². The summed E-state index contributed by atoms with van der Waals surface area (Å²) in [6.45, 7) is 9.01. The number of nitrogens with one attached hydrogen (secondary N) is 1. The largest absolute Gasteiger partial charge is 0.478 e. The molecule has 1 aromatic heterocycles. The summed E-state index contributed by atoms with van der Waals surface area (Å²) in [5, 5.41) is 2.88. The Balaban J connectivity index is 2.17. The van der Waals surface area contributed by atoms with Crippen LogP contribution >= 0.6 is 0 Å². The van der Waals surface area contributed by atoms with Crippen molar-refractivity contribution in [3.63, 3.8) is 0 Å². The molecule has 0 saturated carbocycles. The number of aryl methyl sites for hydroxylation is 3. The highest BCUT2D eigenvalue weighted by Crippen LogP contribution is 2.23. The van der Waals surface area contributed by atoms with Crippen LogP contribution in [0.1, 0.15) is 30.8 Å². The number of pyridine rings is 1. The third-order valence-corrected chi connectivity index (χ3v) is 3.50. The number of carbonyl (C=O) groups excluding carboxylic acids is 1.